The molecule has 4 nitrogen and oxygen atoms in total. The molecule has 2 aliphatic rings. The predicted octanol–water partition coefficient (Wildman–Crippen LogP) is 3.11. The minimum absolute atomic E-state index is 0.0351. The zero-order chi connectivity index (χ0) is 15.1. The van der Waals surface area contributed by atoms with E-state index in [1.165, 1.54) is 16.9 Å². The van der Waals surface area contributed by atoms with Crippen LogP contribution in [0.15, 0.2) is 17.4 Å². The lowest BCUT2D eigenvalue weighted by Gasteiger charge is -2.16. The zero-order valence-electron chi connectivity index (χ0n) is 12.6. The highest BCUT2D eigenvalue weighted by Crippen LogP contribution is 2.32. The van der Waals surface area contributed by atoms with Gasteiger partial charge in [-0.3, -0.25) is 4.79 Å². The van der Waals surface area contributed by atoms with Crippen molar-refractivity contribution < 1.29 is 4.79 Å². The monoisotopic (exact) mass is 333 g/mol. The number of thiophene rings is 1. The first-order valence-electron chi connectivity index (χ1n) is 7.77. The third-order valence-corrected chi connectivity index (χ3v) is 6.54. The molecule has 1 aliphatic carbocycles. The third kappa shape index (κ3) is 2.70. The van der Waals surface area contributed by atoms with Gasteiger partial charge in [-0.15, -0.1) is 11.3 Å². The van der Waals surface area contributed by atoms with Crippen LogP contribution in [-0.2, 0) is 25.9 Å². The quantitative estimate of drug-likeness (QED) is 0.939. The molecule has 2 aromatic heterocycles. The fourth-order valence-corrected chi connectivity index (χ4v) is 5.21. The Morgan fingerprint density at radius 3 is 3.32 bits per heavy atom. The normalized spacial score (nSPS) is 19.8. The molecule has 1 atom stereocenters. The van der Waals surface area contributed by atoms with Crippen molar-refractivity contribution >= 4 is 29.0 Å². The Labute approximate surface area is 138 Å². The van der Waals surface area contributed by atoms with Gasteiger partial charge in [-0.2, -0.15) is 0 Å². The van der Waals surface area contributed by atoms with Crippen LogP contribution in [0.1, 0.15) is 39.2 Å². The van der Waals surface area contributed by atoms with Crippen LogP contribution in [0.4, 0.5) is 0 Å². The van der Waals surface area contributed by atoms with E-state index in [9.17, 15) is 4.79 Å². The van der Waals surface area contributed by atoms with E-state index >= 15 is 0 Å². The standard InChI is InChI=1S/C16H19N3OS2/c1-10-2-3-13-11(6-10)7-14(22-13)15(20)17-8-12-9-19-4-5-21-16(19)18-12/h7,9-10H,2-6,8H2,1H3,(H,17,20)/t10-/m1/s1. The van der Waals surface area contributed by atoms with Crippen molar-refractivity contribution in [2.24, 2.45) is 5.92 Å². The lowest BCUT2D eigenvalue weighted by atomic mass is 9.90. The maximum Gasteiger partial charge on any atom is 0.261 e. The second-order valence-corrected chi connectivity index (χ2v) is 8.35. The van der Waals surface area contributed by atoms with Crippen molar-refractivity contribution in [3.05, 3.63) is 33.3 Å². The predicted molar refractivity (Wildman–Crippen MR) is 89.6 cm³/mol. The van der Waals surface area contributed by atoms with Crippen LogP contribution >= 0.6 is 23.1 Å². The second-order valence-electron chi connectivity index (χ2n) is 6.15. The lowest BCUT2D eigenvalue weighted by molar-refractivity contribution is 0.0954. The van der Waals surface area contributed by atoms with Crippen LogP contribution in [0.3, 0.4) is 0 Å². The summed E-state index contributed by atoms with van der Waals surface area (Å²) in [5.41, 5.74) is 2.33. The largest absolute Gasteiger partial charge is 0.346 e. The van der Waals surface area contributed by atoms with Gasteiger partial charge in [0.25, 0.3) is 5.91 Å². The Kier molecular flexibility index (Phi) is 3.74. The molecule has 1 N–H and O–H groups in total. The maximum atomic E-state index is 12.4. The average molecular weight is 333 g/mol. The summed E-state index contributed by atoms with van der Waals surface area (Å²) in [5, 5.41) is 4.08. The smallest absolute Gasteiger partial charge is 0.261 e. The molecular weight excluding hydrogens is 314 g/mol. The van der Waals surface area contributed by atoms with Crippen molar-refractivity contribution in [1.29, 1.82) is 0 Å². The summed E-state index contributed by atoms with van der Waals surface area (Å²) in [5.74, 6) is 1.88. The summed E-state index contributed by atoms with van der Waals surface area (Å²) < 4.78 is 2.16. The van der Waals surface area contributed by atoms with Gasteiger partial charge in [0.05, 0.1) is 17.1 Å². The van der Waals surface area contributed by atoms with Crippen LogP contribution in [0, 0.1) is 5.92 Å². The van der Waals surface area contributed by atoms with Crippen LogP contribution in [0.2, 0.25) is 0 Å². The summed E-state index contributed by atoms with van der Waals surface area (Å²) in [4.78, 5) is 19.1. The van der Waals surface area contributed by atoms with Gasteiger partial charge < -0.3 is 9.88 Å². The number of rotatable bonds is 3. The van der Waals surface area contributed by atoms with Crippen LogP contribution in [0.25, 0.3) is 0 Å². The van der Waals surface area contributed by atoms with E-state index in [1.807, 2.05) is 0 Å². The van der Waals surface area contributed by atoms with Crippen molar-refractivity contribution in [2.45, 2.75) is 44.4 Å². The first kappa shape index (κ1) is 14.3. The van der Waals surface area contributed by atoms with E-state index in [1.54, 1.807) is 23.1 Å². The Balaban J connectivity index is 1.41. The summed E-state index contributed by atoms with van der Waals surface area (Å²) in [6.07, 6.45) is 5.53. The summed E-state index contributed by atoms with van der Waals surface area (Å²) >= 11 is 3.44. The number of nitrogens with zero attached hydrogens (tertiary/aromatic N) is 2. The Hall–Kier alpha value is -1.27. The third-order valence-electron chi connectivity index (χ3n) is 4.34. The number of aryl methyl sites for hydroxylation is 2. The SMILES string of the molecule is C[C@@H]1CCc2sc(C(=O)NCc3cn4c(n3)SCC4)cc2C1. The average Bonchev–Trinajstić information content (AvgIpc) is 3.17. The highest BCUT2D eigenvalue weighted by Gasteiger charge is 2.21. The summed E-state index contributed by atoms with van der Waals surface area (Å²) in [7, 11) is 0. The minimum atomic E-state index is 0.0351. The molecule has 0 saturated heterocycles. The van der Waals surface area contributed by atoms with E-state index < -0.39 is 0 Å². The van der Waals surface area contributed by atoms with Gasteiger partial charge in [0.1, 0.15) is 0 Å². The molecule has 2 aromatic rings. The first-order valence-corrected chi connectivity index (χ1v) is 9.58. The molecule has 1 amide bonds. The van der Waals surface area contributed by atoms with Crippen molar-refractivity contribution in [1.82, 2.24) is 14.9 Å². The molecule has 4 rings (SSSR count). The molecule has 0 aromatic carbocycles. The maximum absolute atomic E-state index is 12.4. The summed E-state index contributed by atoms with van der Waals surface area (Å²) in [6.45, 7) is 3.82. The van der Waals surface area contributed by atoms with Crippen molar-refractivity contribution in [3.63, 3.8) is 0 Å². The number of hydrogen-bond acceptors (Lipinski definition) is 4. The van der Waals surface area contributed by atoms with Crippen LogP contribution in [0.5, 0.6) is 0 Å². The van der Waals surface area contributed by atoms with Crippen LogP contribution < -0.4 is 5.32 Å². The molecule has 0 saturated carbocycles. The highest BCUT2D eigenvalue weighted by molar-refractivity contribution is 7.99. The number of amides is 1. The van der Waals surface area contributed by atoms with Crippen molar-refractivity contribution in [2.75, 3.05) is 5.75 Å². The number of carbonyl (C=O) groups is 1. The van der Waals surface area contributed by atoms with Gasteiger partial charge >= 0.3 is 0 Å². The molecule has 0 fully saturated rings. The number of hydrogen-bond donors (Lipinski definition) is 1. The number of imidazole rings is 1. The van der Waals surface area contributed by atoms with E-state index in [0.717, 1.165) is 46.8 Å². The van der Waals surface area contributed by atoms with E-state index in [2.05, 4.69) is 34.1 Å². The lowest BCUT2D eigenvalue weighted by Crippen LogP contribution is -2.22. The number of thioether (sulfide) groups is 1. The van der Waals surface area contributed by atoms with E-state index in [-0.39, 0.29) is 5.91 Å². The molecule has 22 heavy (non-hydrogen) atoms. The molecule has 0 bridgehead atoms. The van der Waals surface area contributed by atoms with Gasteiger partial charge in [0.2, 0.25) is 0 Å². The van der Waals surface area contributed by atoms with Crippen molar-refractivity contribution in [3.8, 4) is 0 Å². The first-order chi connectivity index (χ1) is 10.7. The van der Waals surface area contributed by atoms with E-state index in [0.29, 0.717) is 6.54 Å². The number of nitrogens with one attached hydrogen (secondary N) is 1. The van der Waals surface area contributed by atoms with Gasteiger partial charge in [0, 0.05) is 23.4 Å². The van der Waals surface area contributed by atoms with E-state index in [4.69, 9.17) is 0 Å². The zero-order valence-corrected chi connectivity index (χ0v) is 14.2. The topological polar surface area (TPSA) is 46.9 Å². The molecule has 0 unspecified atom stereocenters. The van der Waals surface area contributed by atoms with Gasteiger partial charge in [0.15, 0.2) is 5.16 Å². The van der Waals surface area contributed by atoms with Crippen LogP contribution in [-0.4, -0.2) is 21.2 Å². The molecule has 0 radical (unpaired) electrons. The second kappa shape index (κ2) is 5.74. The molecule has 0 spiro atoms. The van der Waals surface area contributed by atoms with Gasteiger partial charge in [-0.05, 0) is 36.8 Å². The Morgan fingerprint density at radius 1 is 1.55 bits per heavy atom. The molecule has 116 valence electrons. The fraction of sp³-hybridized carbons (Fsp3) is 0.500. The molecule has 3 heterocycles. The molecule has 1 aliphatic heterocycles. The van der Waals surface area contributed by atoms with Gasteiger partial charge in [-0.1, -0.05) is 18.7 Å². The minimum Gasteiger partial charge on any atom is -0.346 e. The Bertz CT molecular complexity index is 698. The number of fused-ring (bicyclic) bond motifs is 2. The highest BCUT2D eigenvalue weighted by atomic mass is 32.2. The fourth-order valence-electron chi connectivity index (χ4n) is 3.12. The molecule has 6 heteroatoms. The number of carbonyl (C=O) groups excluding carboxylic acids is 1. The van der Waals surface area contributed by atoms with Gasteiger partial charge in [-0.25, -0.2) is 4.98 Å². The Morgan fingerprint density at radius 2 is 2.45 bits per heavy atom. The molecular formula is C16H19N3OS2. The summed E-state index contributed by atoms with van der Waals surface area (Å²) in [6, 6.07) is 2.09. The number of aromatic nitrogens is 2.